The zero-order chi connectivity index (χ0) is 13.2. The molecule has 2 aromatic rings. The quantitative estimate of drug-likeness (QED) is 0.792. The van der Waals surface area contributed by atoms with Crippen LogP contribution in [0.5, 0.6) is 0 Å². The Bertz CT molecular complexity index is 602. The summed E-state index contributed by atoms with van der Waals surface area (Å²) in [5.74, 6) is 0.601. The molecule has 1 aliphatic rings. The van der Waals surface area contributed by atoms with E-state index < -0.39 is 0 Å². The Morgan fingerprint density at radius 1 is 1.21 bits per heavy atom. The molecule has 4 nitrogen and oxygen atoms in total. The molecule has 0 aliphatic carbocycles. The summed E-state index contributed by atoms with van der Waals surface area (Å²) in [7, 11) is 0. The lowest BCUT2D eigenvalue weighted by Gasteiger charge is -2.27. The lowest BCUT2D eigenvalue weighted by Crippen LogP contribution is -2.33. The van der Waals surface area contributed by atoms with E-state index in [0.29, 0.717) is 0 Å². The number of anilines is 1. The Balaban J connectivity index is 2.13. The third kappa shape index (κ3) is 2.21. The van der Waals surface area contributed by atoms with Crippen molar-refractivity contribution in [1.29, 1.82) is 0 Å². The number of nitrogens with zero attached hydrogens (tertiary/aromatic N) is 3. The second-order valence-corrected chi connectivity index (χ2v) is 5.08. The molecule has 19 heavy (non-hydrogen) atoms. The maximum absolute atomic E-state index is 12.1. The minimum Gasteiger partial charge on any atom is -0.342 e. The van der Waals surface area contributed by atoms with Crippen molar-refractivity contribution in [2.45, 2.75) is 19.3 Å². The topological polar surface area (TPSA) is 38.1 Å². The number of benzene rings is 1. The van der Waals surface area contributed by atoms with Crippen LogP contribution in [0.1, 0.15) is 24.1 Å². The van der Waals surface area contributed by atoms with Gasteiger partial charge in [-0.05, 0) is 31.4 Å². The SMILES string of the molecule is O=C(CCl)n1c(N2CCCCC2)nc2ccccc21. The number of para-hydroxylation sites is 2. The van der Waals surface area contributed by atoms with Crippen molar-refractivity contribution in [1.82, 2.24) is 9.55 Å². The highest BCUT2D eigenvalue weighted by Gasteiger charge is 2.22. The van der Waals surface area contributed by atoms with Crippen LogP contribution in [-0.4, -0.2) is 34.4 Å². The maximum Gasteiger partial charge on any atom is 0.248 e. The van der Waals surface area contributed by atoms with Crippen LogP contribution in [-0.2, 0) is 0 Å². The van der Waals surface area contributed by atoms with E-state index in [1.165, 1.54) is 6.42 Å². The first kappa shape index (κ1) is 12.5. The monoisotopic (exact) mass is 277 g/mol. The summed E-state index contributed by atoms with van der Waals surface area (Å²) in [4.78, 5) is 18.9. The molecule has 0 atom stereocenters. The van der Waals surface area contributed by atoms with Crippen molar-refractivity contribution in [3.05, 3.63) is 24.3 Å². The van der Waals surface area contributed by atoms with Crippen molar-refractivity contribution < 1.29 is 4.79 Å². The van der Waals surface area contributed by atoms with Crippen LogP contribution < -0.4 is 4.90 Å². The number of piperidine rings is 1. The van der Waals surface area contributed by atoms with Crippen LogP contribution in [0.2, 0.25) is 0 Å². The van der Waals surface area contributed by atoms with E-state index in [9.17, 15) is 4.79 Å². The normalized spacial score (nSPS) is 15.9. The predicted octanol–water partition coefficient (Wildman–Crippen LogP) is 2.91. The summed E-state index contributed by atoms with van der Waals surface area (Å²) < 4.78 is 1.66. The first-order chi connectivity index (χ1) is 9.31. The standard InChI is InChI=1S/C14H16ClN3O/c15-10-13(19)18-12-7-3-2-6-11(12)16-14(18)17-8-4-1-5-9-17/h2-3,6-7H,1,4-5,8-10H2. The van der Waals surface area contributed by atoms with Gasteiger partial charge in [-0.15, -0.1) is 11.6 Å². The molecule has 1 fully saturated rings. The number of hydrogen-bond acceptors (Lipinski definition) is 3. The largest absolute Gasteiger partial charge is 0.342 e. The minimum atomic E-state index is -0.115. The van der Waals surface area contributed by atoms with Crippen molar-refractivity contribution in [2.24, 2.45) is 0 Å². The van der Waals surface area contributed by atoms with Gasteiger partial charge in [0.15, 0.2) is 0 Å². The molecule has 0 amide bonds. The van der Waals surface area contributed by atoms with Crippen LogP contribution in [0.4, 0.5) is 5.95 Å². The Morgan fingerprint density at radius 2 is 1.95 bits per heavy atom. The van der Waals surface area contributed by atoms with Crippen molar-refractivity contribution in [2.75, 3.05) is 23.9 Å². The van der Waals surface area contributed by atoms with Gasteiger partial charge in [-0.25, -0.2) is 9.55 Å². The molecular formula is C14H16ClN3O. The second-order valence-electron chi connectivity index (χ2n) is 4.81. The number of imidazole rings is 1. The molecule has 0 radical (unpaired) electrons. The highest BCUT2D eigenvalue weighted by molar-refractivity contribution is 6.28. The molecule has 0 saturated carbocycles. The van der Waals surface area contributed by atoms with Crippen LogP contribution in [0.25, 0.3) is 11.0 Å². The summed E-state index contributed by atoms with van der Waals surface area (Å²) in [5, 5.41) is 0. The van der Waals surface area contributed by atoms with Crippen LogP contribution in [0.3, 0.4) is 0 Å². The number of carbonyl (C=O) groups excluding carboxylic acids is 1. The smallest absolute Gasteiger partial charge is 0.248 e. The number of carbonyl (C=O) groups is 1. The highest BCUT2D eigenvalue weighted by atomic mass is 35.5. The zero-order valence-corrected chi connectivity index (χ0v) is 11.4. The molecule has 100 valence electrons. The molecule has 2 heterocycles. The van der Waals surface area contributed by atoms with Crippen LogP contribution in [0.15, 0.2) is 24.3 Å². The maximum atomic E-state index is 12.1. The zero-order valence-electron chi connectivity index (χ0n) is 10.7. The molecule has 1 aromatic carbocycles. The summed E-state index contributed by atoms with van der Waals surface area (Å²) in [6.07, 6.45) is 3.55. The Morgan fingerprint density at radius 3 is 2.68 bits per heavy atom. The molecule has 3 rings (SSSR count). The fourth-order valence-electron chi connectivity index (χ4n) is 2.62. The van der Waals surface area contributed by atoms with E-state index in [-0.39, 0.29) is 11.8 Å². The van der Waals surface area contributed by atoms with E-state index in [0.717, 1.165) is 42.9 Å². The van der Waals surface area contributed by atoms with E-state index in [4.69, 9.17) is 11.6 Å². The number of halogens is 1. The molecule has 0 spiro atoms. The van der Waals surface area contributed by atoms with Crippen LogP contribution >= 0.6 is 11.6 Å². The molecule has 1 aromatic heterocycles. The average Bonchev–Trinajstić information content (AvgIpc) is 2.87. The number of aromatic nitrogens is 2. The molecule has 1 aliphatic heterocycles. The van der Waals surface area contributed by atoms with Gasteiger partial charge in [0.1, 0.15) is 5.88 Å². The number of alkyl halides is 1. The predicted molar refractivity (Wildman–Crippen MR) is 77.1 cm³/mol. The van der Waals surface area contributed by atoms with Crippen molar-refractivity contribution in [3.8, 4) is 0 Å². The minimum absolute atomic E-state index is 0.0266. The summed E-state index contributed by atoms with van der Waals surface area (Å²) in [6, 6.07) is 7.70. The van der Waals surface area contributed by atoms with Gasteiger partial charge in [0.25, 0.3) is 0 Å². The van der Waals surface area contributed by atoms with Gasteiger partial charge in [-0.1, -0.05) is 12.1 Å². The average molecular weight is 278 g/mol. The molecule has 1 saturated heterocycles. The lowest BCUT2D eigenvalue weighted by molar-refractivity contribution is 0.0946. The Hall–Kier alpha value is -1.55. The molecule has 0 bridgehead atoms. The summed E-state index contributed by atoms with van der Waals surface area (Å²) >= 11 is 5.74. The third-order valence-electron chi connectivity index (χ3n) is 3.55. The van der Waals surface area contributed by atoms with Gasteiger partial charge in [-0.3, -0.25) is 4.79 Å². The number of hydrogen-bond donors (Lipinski definition) is 0. The Labute approximate surface area is 117 Å². The molecule has 5 heteroatoms. The second kappa shape index (κ2) is 5.21. The summed E-state index contributed by atoms with van der Waals surface area (Å²) in [6.45, 7) is 1.91. The summed E-state index contributed by atoms with van der Waals surface area (Å²) in [5.41, 5.74) is 1.69. The van der Waals surface area contributed by atoms with Gasteiger partial charge < -0.3 is 4.90 Å². The fraction of sp³-hybridized carbons (Fsp3) is 0.429. The van der Waals surface area contributed by atoms with Gasteiger partial charge >= 0.3 is 0 Å². The van der Waals surface area contributed by atoms with Gasteiger partial charge in [0.05, 0.1) is 11.0 Å². The molecule has 0 N–H and O–H groups in total. The first-order valence-corrected chi connectivity index (χ1v) is 7.16. The fourth-order valence-corrected chi connectivity index (χ4v) is 2.74. The van der Waals surface area contributed by atoms with E-state index in [1.807, 2.05) is 24.3 Å². The van der Waals surface area contributed by atoms with E-state index in [1.54, 1.807) is 4.57 Å². The number of rotatable bonds is 2. The first-order valence-electron chi connectivity index (χ1n) is 6.63. The third-order valence-corrected chi connectivity index (χ3v) is 3.77. The Kier molecular flexibility index (Phi) is 3.42. The van der Waals surface area contributed by atoms with Gasteiger partial charge in [0, 0.05) is 13.1 Å². The van der Waals surface area contributed by atoms with E-state index >= 15 is 0 Å². The highest BCUT2D eigenvalue weighted by Crippen LogP contribution is 2.25. The van der Waals surface area contributed by atoms with Gasteiger partial charge in [-0.2, -0.15) is 0 Å². The molecular weight excluding hydrogens is 262 g/mol. The lowest BCUT2D eigenvalue weighted by atomic mass is 10.1. The number of fused-ring (bicyclic) bond motifs is 1. The van der Waals surface area contributed by atoms with E-state index in [2.05, 4.69) is 9.88 Å². The van der Waals surface area contributed by atoms with Crippen LogP contribution in [0, 0.1) is 0 Å². The van der Waals surface area contributed by atoms with Crippen molar-refractivity contribution >= 4 is 34.5 Å². The van der Waals surface area contributed by atoms with Gasteiger partial charge in [0.2, 0.25) is 11.9 Å². The molecule has 0 unspecified atom stereocenters. The van der Waals surface area contributed by atoms with Crippen molar-refractivity contribution in [3.63, 3.8) is 0 Å².